The van der Waals surface area contributed by atoms with Crippen LogP contribution in [0.15, 0.2) is 60.7 Å². The number of carbonyl (C=O) groups is 3. The molecule has 1 aliphatic carbocycles. The number of aliphatic hydroxyl groups is 4. The van der Waals surface area contributed by atoms with Gasteiger partial charge in [0, 0.05) is 25.3 Å². The molecule has 4 heterocycles. The first-order valence-electron chi connectivity index (χ1n) is 19.7. The van der Waals surface area contributed by atoms with Crippen molar-refractivity contribution in [1.82, 2.24) is 15.5 Å². The quantitative estimate of drug-likeness (QED) is 0.177. The second kappa shape index (κ2) is 18.4. The Morgan fingerprint density at radius 2 is 1.38 bits per heavy atom. The average molecular weight is 816 g/mol. The topological polar surface area (TPSA) is 233 Å². The van der Waals surface area contributed by atoms with E-state index >= 15 is 0 Å². The van der Waals surface area contributed by atoms with E-state index in [0.717, 1.165) is 11.1 Å². The van der Waals surface area contributed by atoms with Gasteiger partial charge in [-0.3, -0.25) is 4.90 Å². The van der Waals surface area contributed by atoms with E-state index in [1.807, 2.05) is 67.6 Å². The predicted molar refractivity (Wildman–Crippen MR) is 198 cm³/mol. The lowest BCUT2D eigenvalue weighted by atomic mass is 9.85. The van der Waals surface area contributed by atoms with Crippen molar-refractivity contribution in [3.8, 4) is 0 Å². The van der Waals surface area contributed by atoms with Gasteiger partial charge in [0.15, 0.2) is 25.0 Å². The van der Waals surface area contributed by atoms with Crippen molar-refractivity contribution in [3.63, 3.8) is 0 Å². The van der Waals surface area contributed by atoms with Crippen LogP contribution in [0.5, 0.6) is 0 Å². The summed E-state index contributed by atoms with van der Waals surface area (Å²) in [5.74, 6) is -0.908. The second-order valence-corrected chi connectivity index (χ2v) is 15.7. The van der Waals surface area contributed by atoms with E-state index < -0.39 is 117 Å². The van der Waals surface area contributed by atoms with E-state index in [1.54, 1.807) is 6.92 Å². The van der Waals surface area contributed by atoms with E-state index in [1.165, 1.54) is 11.9 Å². The molecule has 9 unspecified atom stereocenters. The first-order valence-corrected chi connectivity index (χ1v) is 19.7. The lowest BCUT2D eigenvalue weighted by molar-refractivity contribution is -0.376. The van der Waals surface area contributed by atoms with Gasteiger partial charge in [-0.15, -0.1) is 0 Å². The van der Waals surface area contributed by atoms with Gasteiger partial charge in [0.1, 0.15) is 31.5 Å². The predicted octanol–water partition coefficient (Wildman–Crippen LogP) is 1.50. The number of ether oxygens (including phenoxy) is 8. The lowest BCUT2D eigenvalue weighted by Crippen LogP contribution is -2.66. The van der Waals surface area contributed by atoms with Crippen molar-refractivity contribution in [2.24, 2.45) is 11.8 Å². The maximum Gasteiger partial charge on any atom is 0.410 e. The van der Waals surface area contributed by atoms with Gasteiger partial charge in [0.2, 0.25) is 0 Å². The number of nitrogens with one attached hydrogen (secondary N) is 2. The molecule has 1 saturated carbocycles. The third kappa shape index (κ3) is 9.35. The average Bonchev–Trinajstić information content (AvgIpc) is 3.52. The molecule has 0 spiro atoms. The number of benzene rings is 2. The van der Waals surface area contributed by atoms with Gasteiger partial charge in [-0.05, 0) is 24.0 Å². The Labute approximate surface area is 335 Å². The highest BCUT2D eigenvalue weighted by molar-refractivity contribution is 5.71. The molecule has 2 aromatic carbocycles. The molecule has 58 heavy (non-hydrogen) atoms. The Morgan fingerprint density at radius 3 is 2.00 bits per heavy atom. The zero-order valence-corrected chi connectivity index (χ0v) is 32.5. The van der Waals surface area contributed by atoms with Crippen molar-refractivity contribution in [2.45, 2.75) is 132 Å². The lowest BCUT2D eigenvalue weighted by Gasteiger charge is -2.50. The van der Waals surface area contributed by atoms with Gasteiger partial charge in [0.05, 0.1) is 49.2 Å². The number of carbonyl (C=O) groups excluding carboxylic acids is 3. The highest BCUT2D eigenvalue weighted by atomic mass is 16.8. The fourth-order valence-corrected chi connectivity index (χ4v) is 8.29. The highest BCUT2D eigenvalue weighted by Gasteiger charge is 2.60. The minimum atomic E-state index is -1.46. The van der Waals surface area contributed by atoms with Gasteiger partial charge in [-0.2, -0.15) is 0 Å². The van der Waals surface area contributed by atoms with Crippen molar-refractivity contribution in [3.05, 3.63) is 71.8 Å². The standard InChI is InChI=1S/C40H53N3O15/c1-20-14-28-33(34-30(43(3)40(50)57-34)36(54-28)58-37-32(47)31(46)21(2)29(17-44)55-37)56-35(20)53-27-16-26(45)24(41-38(48)51-18-22-10-6-4-7-11-22)15-25(27)42-39(49)52-19-23-12-8-5-9-13-23/h4-13,20-21,24-37,44-47H,14-19H2,1-3H3,(H,41,48)(H,42,49)/t20?,21-,24-,25?,26?,27+,28+,29?,30?,31+,32?,33?,34?,35+,36?,37-/m1/s1. The Morgan fingerprint density at radius 1 is 0.759 bits per heavy atom. The Kier molecular flexibility index (Phi) is 13.4. The summed E-state index contributed by atoms with van der Waals surface area (Å²) in [6, 6.07) is 15.9. The van der Waals surface area contributed by atoms with Gasteiger partial charge < -0.3 is 69.0 Å². The molecule has 2 aromatic rings. The molecular weight excluding hydrogens is 762 g/mol. The van der Waals surface area contributed by atoms with Gasteiger partial charge >= 0.3 is 18.3 Å². The molecule has 3 amide bonds. The Bertz CT molecular complexity index is 1690. The van der Waals surface area contributed by atoms with Crippen molar-refractivity contribution >= 4 is 18.3 Å². The van der Waals surface area contributed by atoms with Gasteiger partial charge in [0.25, 0.3) is 0 Å². The summed E-state index contributed by atoms with van der Waals surface area (Å²) in [5, 5.41) is 48.1. The van der Waals surface area contributed by atoms with Crippen molar-refractivity contribution in [2.75, 3.05) is 13.7 Å². The van der Waals surface area contributed by atoms with Crippen LogP contribution in [0, 0.1) is 11.8 Å². The number of nitrogens with zero attached hydrogens (tertiary/aromatic N) is 1. The van der Waals surface area contributed by atoms with Crippen LogP contribution in [0.1, 0.15) is 44.2 Å². The monoisotopic (exact) mass is 815 g/mol. The molecule has 5 aliphatic rings. The third-order valence-corrected chi connectivity index (χ3v) is 11.7. The maximum atomic E-state index is 13.2. The van der Waals surface area contributed by atoms with Gasteiger partial charge in [-0.1, -0.05) is 74.5 Å². The molecule has 5 fully saturated rings. The highest BCUT2D eigenvalue weighted by Crippen LogP contribution is 2.42. The summed E-state index contributed by atoms with van der Waals surface area (Å²) in [6.07, 6.45) is -13.0. The Hall–Kier alpha value is -4.11. The summed E-state index contributed by atoms with van der Waals surface area (Å²) in [6.45, 7) is 3.15. The number of fused-ring (bicyclic) bond motifs is 3. The number of alkyl carbamates (subject to hydrolysis) is 2. The van der Waals surface area contributed by atoms with Crippen LogP contribution in [0.3, 0.4) is 0 Å². The molecule has 4 saturated heterocycles. The molecule has 318 valence electrons. The maximum absolute atomic E-state index is 13.2. The van der Waals surface area contributed by atoms with Crippen LogP contribution in [-0.2, 0) is 51.1 Å². The van der Waals surface area contributed by atoms with E-state index in [4.69, 9.17) is 37.9 Å². The second-order valence-electron chi connectivity index (χ2n) is 15.7. The van der Waals surface area contributed by atoms with Crippen LogP contribution in [0.2, 0.25) is 0 Å². The molecule has 18 nitrogen and oxygen atoms in total. The molecule has 0 bridgehead atoms. The molecule has 18 heteroatoms. The largest absolute Gasteiger partial charge is 0.445 e. The zero-order valence-electron chi connectivity index (χ0n) is 32.5. The number of rotatable bonds is 11. The fraction of sp³-hybridized carbons (Fsp3) is 0.625. The molecule has 6 N–H and O–H groups in total. The number of amides is 3. The zero-order chi connectivity index (χ0) is 41.1. The number of likely N-dealkylation sites (N-methyl/N-ethyl adjacent to an activating group) is 1. The summed E-state index contributed by atoms with van der Waals surface area (Å²) >= 11 is 0. The van der Waals surface area contributed by atoms with Gasteiger partial charge in [-0.25, -0.2) is 14.4 Å². The van der Waals surface area contributed by atoms with Crippen LogP contribution < -0.4 is 10.6 Å². The first kappa shape index (κ1) is 42.0. The van der Waals surface area contributed by atoms with E-state index in [-0.39, 0.29) is 32.0 Å². The summed E-state index contributed by atoms with van der Waals surface area (Å²) < 4.78 is 48.1. The van der Waals surface area contributed by atoms with Crippen molar-refractivity contribution < 1.29 is 72.7 Å². The molecule has 0 radical (unpaired) electrons. The number of hydrogen-bond donors (Lipinski definition) is 6. The SMILES string of the molecule is CC1C[C@@H]2OC(O[C@H]3OC(CO)[C@@H](C)[C@H](O)C3O)C3C(OC(=O)N3C)C2O[C@@H]1O[C@H]1CC(O)[C@H](NC(=O)OCc2ccccc2)CC1NC(=O)OCc1ccccc1. The van der Waals surface area contributed by atoms with Crippen LogP contribution in [0.25, 0.3) is 0 Å². The summed E-state index contributed by atoms with van der Waals surface area (Å²) in [5.41, 5.74) is 1.58. The fourth-order valence-electron chi connectivity index (χ4n) is 8.29. The summed E-state index contributed by atoms with van der Waals surface area (Å²) in [4.78, 5) is 40.3. The van der Waals surface area contributed by atoms with Crippen LogP contribution in [0.4, 0.5) is 14.4 Å². The van der Waals surface area contributed by atoms with Crippen molar-refractivity contribution in [1.29, 1.82) is 0 Å². The molecule has 0 aromatic heterocycles. The molecule has 4 aliphatic heterocycles. The Balaban J connectivity index is 1.03. The third-order valence-electron chi connectivity index (χ3n) is 11.7. The number of hydrogen-bond acceptors (Lipinski definition) is 15. The minimum absolute atomic E-state index is 0.00680. The van der Waals surface area contributed by atoms with Crippen LogP contribution >= 0.6 is 0 Å². The number of aliphatic hydroxyl groups excluding tert-OH is 4. The van der Waals surface area contributed by atoms with Crippen LogP contribution in [-0.4, -0.2) is 143 Å². The molecule has 16 atom stereocenters. The smallest absolute Gasteiger partial charge is 0.410 e. The van der Waals surface area contributed by atoms with E-state index in [2.05, 4.69) is 10.6 Å². The first-order chi connectivity index (χ1) is 27.9. The molecule has 7 rings (SSSR count). The van der Waals surface area contributed by atoms with E-state index in [9.17, 15) is 34.8 Å². The van der Waals surface area contributed by atoms with E-state index in [0.29, 0.717) is 6.42 Å². The molecular formula is C40H53N3O15. The summed E-state index contributed by atoms with van der Waals surface area (Å²) in [7, 11) is 1.51. The normalized spacial score (nSPS) is 38.5. The minimum Gasteiger partial charge on any atom is -0.445 e.